The lowest BCUT2D eigenvalue weighted by molar-refractivity contribution is -0.142. The predicted octanol–water partition coefficient (Wildman–Crippen LogP) is 4.79. The van der Waals surface area contributed by atoms with Crippen molar-refractivity contribution in [2.75, 3.05) is 40.1 Å². The van der Waals surface area contributed by atoms with E-state index in [9.17, 15) is 4.79 Å². The Morgan fingerprint density at radius 2 is 1.76 bits per heavy atom. The lowest BCUT2D eigenvalue weighted by Crippen LogP contribution is -2.30. The highest BCUT2D eigenvalue weighted by molar-refractivity contribution is 5.87. The molecule has 8 heteroatoms. The minimum Gasteiger partial charge on any atom is -0.462 e. The Morgan fingerprint density at radius 3 is 2.26 bits per heavy atom. The van der Waals surface area contributed by atoms with Crippen LogP contribution in [0, 0.1) is 17.8 Å². The number of rotatable bonds is 17. The Hall–Kier alpha value is -2.29. The second-order valence-electron chi connectivity index (χ2n) is 9.42. The number of esters is 1. The molecule has 0 bridgehead atoms. The Kier molecular flexibility index (Phi) is 27.6. The van der Waals surface area contributed by atoms with Gasteiger partial charge >= 0.3 is 5.97 Å². The van der Waals surface area contributed by atoms with Crippen molar-refractivity contribution >= 4 is 18.5 Å². The fraction of sp³-hybridized carbons (Fsp3) is 0.700. The van der Waals surface area contributed by atoms with Crippen LogP contribution in [0.4, 0.5) is 0 Å². The van der Waals surface area contributed by atoms with Crippen molar-refractivity contribution in [1.29, 1.82) is 0 Å². The number of aliphatic hydroxyl groups is 2. The van der Waals surface area contributed by atoms with Crippen LogP contribution in [-0.2, 0) is 19.1 Å². The van der Waals surface area contributed by atoms with Crippen molar-refractivity contribution < 1.29 is 29.3 Å². The van der Waals surface area contributed by atoms with E-state index in [2.05, 4.69) is 25.1 Å². The molecule has 0 aliphatic heterocycles. The van der Waals surface area contributed by atoms with Gasteiger partial charge in [-0.1, -0.05) is 45.8 Å². The van der Waals surface area contributed by atoms with Crippen LogP contribution in [0.3, 0.4) is 0 Å². The van der Waals surface area contributed by atoms with Gasteiger partial charge in [0.25, 0.3) is 0 Å². The van der Waals surface area contributed by atoms with Gasteiger partial charge in [-0.15, -0.1) is 0 Å². The van der Waals surface area contributed by atoms with Crippen LogP contribution in [0.5, 0.6) is 0 Å². The average molecular weight is 539 g/mol. The molecule has 0 saturated heterocycles. The third kappa shape index (κ3) is 20.7. The molecular weight excluding hydrogens is 484 g/mol. The number of unbranched alkanes of at least 4 members (excludes halogenated alkanes) is 2. The molecule has 0 radical (unpaired) electrons. The van der Waals surface area contributed by atoms with Gasteiger partial charge in [-0.25, -0.2) is 4.79 Å². The first-order valence-electron chi connectivity index (χ1n) is 13.9. The van der Waals surface area contributed by atoms with E-state index in [1.165, 1.54) is 44.6 Å². The molecule has 8 nitrogen and oxygen atoms in total. The molecule has 0 spiro atoms. The number of aldehydes is 1. The van der Waals surface area contributed by atoms with Crippen LogP contribution in [0.1, 0.15) is 78.1 Å². The van der Waals surface area contributed by atoms with E-state index >= 15 is 0 Å². The molecule has 1 aliphatic rings. The Balaban J connectivity index is 0. The molecule has 1 saturated carbocycles. The fourth-order valence-electron chi connectivity index (χ4n) is 4.26. The third-order valence-corrected chi connectivity index (χ3v) is 6.38. The molecule has 220 valence electrons. The van der Waals surface area contributed by atoms with E-state index in [1.54, 1.807) is 20.2 Å². The lowest BCUT2D eigenvalue weighted by atomic mass is 9.75. The highest BCUT2D eigenvalue weighted by atomic mass is 16.5. The number of carbonyl (C=O) groups excluding carboxylic acids is 2. The summed E-state index contributed by atoms with van der Waals surface area (Å²) in [6.07, 6.45) is 17.1. The molecule has 1 aliphatic carbocycles. The van der Waals surface area contributed by atoms with E-state index in [0.29, 0.717) is 25.4 Å². The summed E-state index contributed by atoms with van der Waals surface area (Å²) < 4.78 is 10.7. The van der Waals surface area contributed by atoms with E-state index < -0.39 is 5.97 Å². The number of aliphatic hydroxyl groups excluding tert-OH is 2. The van der Waals surface area contributed by atoms with Crippen molar-refractivity contribution in [3.63, 3.8) is 0 Å². The number of nitrogens with zero attached hydrogens (tertiary/aromatic N) is 1. The monoisotopic (exact) mass is 538 g/mol. The largest absolute Gasteiger partial charge is 0.462 e. The summed E-state index contributed by atoms with van der Waals surface area (Å²) in [4.78, 5) is 25.4. The van der Waals surface area contributed by atoms with Gasteiger partial charge in [0.05, 0.1) is 25.4 Å². The van der Waals surface area contributed by atoms with Gasteiger partial charge in [0.15, 0.2) is 0 Å². The zero-order valence-corrected chi connectivity index (χ0v) is 24.1. The Labute approximate surface area is 231 Å². The van der Waals surface area contributed by atoms with Crippen molar-refractivity contribution in [3.05, 3.63) is 36.6 Å². The third-order valence-electron chi connectivity index (χ3n) is 6.38. The fourth-order valence-corrected chi connectivity index (χ4v) is 4.26. The second-order valence-corrected chi connectivity index (χ2v) is 9.42. The summed E-state index contributed by atoms with van der Waals surface area (Å²) in [7, 11) is 1.68. The first kappa shape index (κ1) is 37.9. The van der Waals surface area contributed by atoms with E-state index in [0.717, 1.165) is 43.7 Å². The maximum absolute atomic E-state index is 11.8. The maximum Gasteiger partial charge on any atom is 0.335 e. The molecule has 38 heavy (non-hydrogen) atoms. The Morgan fingerprint density at radius 1 is 1.13 bits per heavy atom. The average Bonchev–Trinajstić information content (AvgIpc) is 2.94. The Bertz CT molecular complexity index is 664. The summed E-state index contributed by atoms with van der Waals surface area (Å²) in [5.74, 6) is 0.932. The molecule has 1 rings (SSSR count). The summed E-state index contributed by atoms with van der Waals surface area (Å²) in [5.41, 5.74) is 6.94. The number of nitrogens with two attached hydrogens (primary N) is 1. The van der Waals surface area contributed by atoms with Crippen LogP contribution < -0.4 is 5.73 Å². The normalized spacial score (nSPS) is 17.9. The van der Waals surface area contributed by atoms with Crippen molar-refractivity contribution in [2.45, 2.75) is 78.1 Å². The van der Waals surface area contributed by atoms with Crippen LogP contribution >= 0.6 is 0 Å². The summed E-state index contributed by atoms with van der Waals surface area (Å²) >= 11 is 0. The van der Waals surface area contributed by atoms with Gasteiger partial charge in [-0.2, -0.15) is 0 Å². The van der Waals surface area contributed by atoms with Gasteiger partial charge in [-0.05, 0) is 75.1 Å². The number of allylic oxidation sites excluding steroid dienone is 2. The first-order valence-corrected chi connectivity index (χ1v) is 13.9. The van der Waals surface area contributed by atoms with Crippen molar-refractivity contribution in [1.82, 2.24) is 0 Å². The van der Waals surface area contributed by atoms with Crippen LogP contribution in [0.25, 0.3) is 0 Å². The molecule has 1 atom stereocenters. The summed E-state index contributed by atoms with van der Waals surface area (Å²) in [5, 5.41) is 16.6. The van der Waals surface area contributed by atoms with Crippen molar-refractivity contribution in [2.24, 2.45) is 28.5 Å². The highest BCUT2D eigenvalue weighted by Gasteiger charge is 2.28. The van der Waals surface area contributed by atoms with Crippen molar-refractivity contribution in [3.8, 4) is 0 Å². The maximum atomic E-state index is 11.8. The molecule has 0 heterocycles. The molecule has 1 unspecified atom stereocenters. The SMILES string of the molecule is C=C(CO)C(=O)OCC(COC)C1CCC(CCCN=C/C(=C\N)CCCCC)CC1.C=CC=O.CCO. The molecule has 4 N–H and O–H groups in total. The number of hydrogen-bond donors (Lipinski definition) is 3. The van der Waals surface area contributed by atoms with Gasteiger partial charge in [0.1, 0.15) is 6.29 Å². The first-order chi connectivity index (χ1) is 18.4. The zero-order chi connectivity index (χ0) is 29.0. The standard InChI is InChI=1S/C25H44N2O4.C3H4O.C2H6O/c1-4-5-6-8-22(15-26)16-27-14-7-9-21-10-12-23(13-11-21)24(18-30-3)19-31-25(29)20(2)17-28;1-2-3-4;1-2-3/h15-16,21,23-24,28H,2,4-14,17-19,26H2,1,3H3;2-3H,1H2;3H,2H2,1H3/b22-15-,27-16?;;. The molecule has 1 fully saturated rings. The number of ether oxygens (including phenoxy) is 2. The minimum atomic E-state index is -0.518. The minimum absolute atomic E-state index is 0.0950. The molecule has 0 aromatic carbocycles. The van der Waals surface area contributed by atoms with E-state index in [1.807, 2.05) is 6.21 Å². The molecule has 0 aromatic heterocycles. The second kappa shape index (κ2) is 27.7. The van der Waals surface area contributed by atoms with Gasteiger partial charge < -0.3 is 25.4 Å². The van der Waals surface area contributed by atoms with E-state index in [-0.39, 0.29) is 24.7 Å². The smallest absolute Gasteiger partial charge is 0.335 e. The number of carbonyl (C=O) groups is 2. The lowest BCUT2D eigenvalue weighted by Gasteiger charge is -2.33. The van der Waals surface area contributed by atoms with Crippen LogP contribution in [-0.4, -0.2) is 68.8 Å². The topological polar surface area (TPSA) is 131 Å². The molecular formula is C30H54N2O6. The number of aliphatic imine (C=N–C) groups is 1. The van der Waals surface area contributed by atoms with Gasteiger partial charge in [0.2, 0.25) is 0 Å². The van der Waals surface area contributed by atoms with E-state index in [4.69, 9.17) is 30.2 Å². The zero-order valence-electron chi connectivity index (χ0n) is 24.1. The number of methoxy groups -OCH3 is 1. The number of hydrogen-bond acceptors (Lipinski definition) is 8. The molecule has 0 amide bonds. The van der Waals surface area contributed by atoms with Gasteiger partial charge in [0, 0.05) is 32.4 Å². The predicted molar refractivity (Wildman–Crippen MR) is 156 cm³/mol. The summed E-state index contributed by atoms with van der Waals surface area (Å²) in [6.45, 7) is 12.2. The van der Waals surface area contributed by atoms with Gasteiger partial charge in [-0.3, -0.25) is 9.79 Å². The summed E-state index contributed by atoms with van der Waals surface area (Å²) in [6, 6.07) is 0. The van der Waals surface area contributed by atoms with Crippen LogP contribution in [0.15, 0.2) is 41.6 Å². The quantitative estimate of drug-likeness (QED) is 0.0797. The van der Waals surface area contributed by atoms with Crippen LogP contribution in [0.2, 0.25) is 0 Å². The molecule has 0 aromatic rings. The highest BCUT2D eigenvalue weighted by Crippen LogP contribution is 2.36.